The van der Waals surface area contributed by atoms with Gasteiger partial charge in [-0.3, -0.25) is 4.79 Å². The number of carbonyl (C=O) groups excluding carboxylic acids is 1. The van der Waals surface area contributed by atoms with E-state index in [1.54, 1.807) is 23.9 Å². The lowest BCUT2D eigenvalue weighted by Gasteiger charge is -2.03. The normalized spacial score (nSPS) is 11.2. The highest BCUT2D eigenvalue weighted by molar-refractivity contribution is 7.99. The highest BCUT2D eigenvalue weighted by Crippen LogP contribution is 2.29. The Labute approximate surface area is 161 Å². The summed E-state index contributed by atoms with van der Waals surface area (Å²) < 4.78 is 14.0. The molecule has 3 aromatic rings. The summed E-state index contributed by atoms with van der Waals surface area (Å²) in [6.45, 7) is 4.32. The maximum absolute atomic E-state index is 12.9. The Morgan fingerprint density at radius 2 is 2.00 bits per heavy atom. The van der Waals surface area contributed by atoms with E-state index in [2.05, 4.69) is 36.3 Å². The van der Waals surface area contributed by atoms with Gasteiger partial charge in [-0.2, -0.15) is 0 Å². The first-order valence-corrected chi connectivity index (χ1v) is 10.4. The Hall–Kier alpha value is -1.92. The molecule has 0 aliphatic carbocycles. The fourth-order valence-electron chi connectivity index (χ4n) is 2.49. The van der Waals surface area contributed by atoms with Crippen molar-refractivity contribution >= 4 is 44.4 Å². The molecule has 136 valence electrons. The van der Waals surface area contributed by atoms with Gasteiger partial charge in [0.15, 0.2) is 5.13 Å². The molecule has 0 spiro atoms. The predicted molar refractivity (Wildman–Crippen MR) is 109 cm³/mol. The zero-order valence-corrected chi connectivity index (χ0v) is 16.4. The number of amides is 1. The SMILES string of the molecule is CC(C)c1ccc2nc(NC(=O)CCCSc3ccc(F)cc3)sc2c1. The number of rotatable bonds is 7. The molecule has 3 nitrogen and oxygen atoms in total. The van der Waals surface area contributed by atoms with Gasteiger partial charge in [0.25, 0.3) is 0 Å². The molecule has 0 bridgehead atoms. The van der Waals surface area contributed by atoms with Gasteiger partial charge in [-0.25, -0.2) is 9.37 Å². The van der Waals surface area contributed by atoms with Crippen molar-refractivity contribution in [1.82, 2.24) is 4.98 Å². The predicted octanol–water partition coefficient (Wildman–Crippen LogP) is 6.07. The van der Waals surface area contributed by atoms with Crippen LogP contribution in [0.1, 0.15) is 38.2 Å². The van der Waals surface area contributed by atoms with E-state index in [-0.39, 0.29) is 11.7 Å². The number of anilines is 1. The van der Waals surface area contributed by atoms with Crippen molar-refractivity contribution in [2.75, 3.05) is 11.1 Å². The third-order valence-electron chi connectivity index (χ3n) is 3.96. The third kappa shape index (κ3) is 5.05. The van der Waals surface area contributed by atoms with Crippen LogP contribution < -0.4 is 5.32 Å². The maximum Gasteiger partial charge on any atom is 0.226 e. The van der Waals surface area contributed by atoms with Gasteiger partial charge in [0.05, 0.1) is 10.2 Å². The van der Waals surface area contributed by atoms with Crippen LogP contribution in [0.2, 0.25) is 0 Å². The van der Waals surface area contributed by atoms with E-state index in [0.29, 0.717) is 17.5 Å². The molecule has 0 unspecified atom stereocenters. The fraction of sp³-hybridized carbons (Fsp3) is 0.300. The minimum absolute atomic E-state index is 0.0205. The first-order valence-electron chi connectivity index (χ1n) is 8.60. The van der Waals surface area contributed by atoms with Crippen molar-refractivity contribution < 1.29 is 9.18 Å². The van der Waals surface area contributed by atoms with Crippen molar-refractivity contribution in [3.05, 3.63) is 53.8 Å². The number of benzene rings is 2. The summed E-state index contributed by atoms with van der Waals surface area (Å²) in [5.74, 6) is 1.03. The highest BCUT2D eigenvalue weighted by Gasteiger charge is 2.09. The van der Waals surface area contributed by atoms with E-state index in [9.17, 15) is 9.18 Å². The number of halogens is 1. The van der Waals surface area contributed by atoms with Crippen LogP contribution in [0, 0.1) is 5.82 Å². The number of hydrogen-bond acceptors (Lipinski definition) is 4. The molecule has 1 aromatic heterocycles. The van der Waals surface area contributed by atoms with Gasteiger partial charge < -0.3 is 5.32 Å². The lowest BCUT2D eigenvalue weighted by Crippen LogP contribution is -2.11. The lowest BCUT2D eigenvalue weighted by atomic mass is 10.0. The van der Waals surface area contributed by atoms with E-state index < -0.39 is 0 Å². The van der Waals surface area contributed by atoms with Crippen LogP contribution in [0.3, 0.4) is 0 Å². The Balaban J connectivity index is 1.48. The quantitative estimate of drug-likeness (QED) is 0.394. The molecule has 0 saturated carbocycles. The zero-order chi connectivity index (χ0) is 18.5. The van der Waals surface area contributed by atoms with Gasteiger partial charge in [-0.05, 0) is 60.1 Å². The third-order valence-corrected chi connectivity index (χ3v) is 5.99. The minimum atomic E-state index is -0.231. The Kier molecular flexibility index (Phi) is 6.27. The van der Waals surface area contributed by atoms with Gasteiger partial charge in [-0.1, -0.05) is 31.3 Å². The number of fused-ring (bicyclic) bond motifs is 1. The Morgan fingerprint density at radius 1 is 1.23 bits per heavy atom. The number of thiazole rings is 1. The molecule has 0 radical (unpaired) electrons. The van der Waals surface area contributed by atoms with Crippen molar-refractivity contribution in [2.45, 2.75) is 37.5 Å². The van der Waals surface area contributed by atoms with Crippen molar-refractivity contribution in [1.29, 1.82) is 0 Å². The standard InChI is InChI=1S/C20H21FN2OS2/c1-13(2)14-5-10-17-18(12-14)26-20(22-17)23-19(24)4-3-11-25-16-8-6-15(21)7-9-16/h5-10,12-13H,3-4,11H2,1-2H3,(H,22,23,24). The number of hydrogen-bond donors (Lipinski definition) is 1. The van der Waals surface area contributed by atoms with Gasteiger partial charge in [0.1, 0.15) is 5.82 Å². The molecular formula is C20H21FN2OS2. The second kappa shape index (κ2) is 8.64. The minimum Gasteiger partial charge on any atom is -0.302 e. The second-order valence-corrected chi connectivity index (χ2v) is 8.55. The average Bonchev–Trinajstić information content (AvgIpc) is 3.01. The summed E-state index contributed by atoms with van der Waals surface area (Å²) in [6, 6.07) is 12.7. The van der Waals surface area contributed by atoms with Crippen molar-refractivity contribution in [2.24, 2.45) is 0 Å². The van der Waals surface area contributed by atoms with Crippen molar-refractivity contribution in [3.8, 4) is 0 Å². The number of nitrogens with zero attached hydrogens (tertiary/aromatic N) is 1. The molecule has 2 aromatic carbocycles. The first-order chi connectivity index (χ1) is 12.5. The second-order valence-electron chi connectivity index (χ2n) is 6.35. The zero-order valence-electron chi connectivity index (χ0n) is 14.8. The number of nitrogens with one attached hydrogen (secondary N) is 1. The maximum atomic E-state index is 12.9. The molecule has 1 N–H and O–H groups in total. The fourth-order valence-corrected chi connectivity index (χ4v) is 4.27. The summed E-state index contributed by atoms with van der Waals surface area (Å²) in [6.07, 6.45) is 1.21. The monoisotopic (exact) mass is 388 g/mol. The van der Waals surface area contributed by atoms with E-state index in [1.807, 2.05) is 6.07 Å². The largest absolute Gasteiger partial charge is 0.302 e. The number of carbonyl (C=O) groups is 1. The Bertz CT molecular complexity index is 890. The van der Waals surface area contributed by atoms with Gasteiger partial charge in [0.2, 0.25) is 5.91 Å². The smallest absolute Gasteiger partial charge is 0.226 e. The summed E-state index contributed by atoms with van der Waals surface area (Å²) in [4.78, 5) is 17.6. The molecule has 0 aliphatic rings. The molecule has 0 fully saturated rings. The molecule has 3 rings (SSSR count). The van der Waals surface area contributed by atoms with Crippen LogP contribution in [-0.2, 0) is 4.79 Å². The molecule has 26 heavy (non-hydrogen) atoms. The molecule has 6 heteroatoms. The van der Waals surface area contributed by atoms with E-state index in [4.69, 9.17) is 0 Å². The van der Waals surface area contributed by atoms with Gasteiger partial charge >= 0.3 is 0 Å². The van der Waals surface area contributed by atoms with E-state index in [1.165, 1.54) is 29.0 Å². The van der Waals surface area contributed by atoms with Gasteiger partial charge in [-0.15, -0.1) is 11.8 Å². The lowest BCUT2D eigenvalue weighted by molar-refractivity contribution is -0.116. The molecule has 0 saturated heterocycles. The summed E-state index contributed by atoms with van der Waals surface area (Å²) in [5.41, 5.74) is 2.19. The van der Waals surface area contributed by atoms with E-state index >= 15 is 0 Å². The Morgan fingerprint density at radius 3 is 2.73 bits per heavy atom. The molecule has 0 aliphatic heterocycles. The van der Waals surface area contributed by atoms with Crippen LogP contribution in [0.25, 0.3) is 10.2 Å². The summed E-state index contributed by atoms with van der Waals surface area (Å²) in [5, 5.41) is 3.55. The molecule has 1 amide bonds. The van der Waals surface area contributed by atoms with Crippen LogP contribution in [0.5, 0.6) is 0 Å². The number of aromatic nitrogens is 1. The van der Waals surface area contributed by atoms with Crippen LogP contribution in [0.15, 0.2) is 47.4 Å². The molecular weight excluding hydrogens is 367 g/mol. The van der Waals surface area contributed by atoms with Crippen LogP contribution in [0.4, 0.5) is 9.52 Å². The number of thioether (sulfide) groups is 1. The van der Waals surface area contributed by atoms with Crippen LogP contribution >= 0.6 is 23.1 Å². The average molecular weight is 389 g/mol. The molecule has 1 heterocycles. The first kappa shape index (κ1) is 18.9. The molecule has 0 atom stereocenters. The van der Waals surface area contributed by atoms with Crippen molar-refractivity contribution in [3.63, 3.8) is 0 Å². The van der Waals surface area contributed by atoms with E-state index in [0.717, 1.165) is 27.3 Å². The summed E-state index contributed by atoms with van der Waals surface area (Å²) in [7, 11) is 0. The summed E-state index contributed by atoms with van der Waals surface area (Å²) >= 11 is 3.14. The van der Waals surface area contributed by atoms with Crippen LogP contribution in [-0.4, -0.2) is 16.6 Å². The topological polar surface area (TPSA) is 42.0 Å². The highest BCUT2D eigenvalue weighted by atomic mass is 32.2. The van der Waals surface area contributed by atoms with Gasteiger partial charge in [0, 0.05) is 11.3 Å².